The van der Waals surface area contributed by atoms with Crippen molar-refractivity contribution in [1.29, 1.82) is 5.41 Å². The summed E-state index contributed by atoms with van der Waals surface area (Å²) in [5, 5.41) is 10.5. The fraction of sp³-hybridized carbons (Fsp3) is 0. The summed E-state index contributed by atoms with van der Waals surface area (Å²) in [4.78, 5) is 4.24. The van der Waals surface area contributed by atoms with E-state index in [0.717, 1.165) is 16.3 Å². The third-order valence-electron chi connectivity index (χ3n) is 2.98. The molecule has 1 aromatic heterocycles. The second-order valence-corrected chi connectivity index (χ2v) is 4.12. The molecule has 3 aromatic rings. The zero-order valence-corrected chi connectivity index (χ0v) is 9.80. The number of pyridine rings is 1. The van der Waals surface area contributed by atoms with E-state index in [1.807, 2.05) is 48.5 Å². The standard InChI is InChI=1S/C16H12N2/c17-16(15-10-3-4-11-18-15)14-9-5-7-12-6-1-2-8-13(12)14/h1-11,17H. The van der Waals surface area contributed by atoms with E-state index in [1.165, 1.54) is 0 Å². The van der Waals surface area contributed by atoms with Gasteiger partial charge in [-0.25, -0.2) is 0 Å². The molecule has 0 aliphatic carbocycles. The Hall–Kier alpha value is -2.48. The summed E-state index contributed by atoms with van der Waals surface area (Å²) in [6, 6.07) is 19.8. The van der Waals surface area contributed by atoms with Gasteiger partial charge < -0.3 is 0 Å². The quantitative estimate of drug-likeness (QED) is 0.673. The van der Waals surface area contributed by atoms with Crippen LogP contribution < -0.4 is 0 Å². The molecule has 0 saturated carbocycles. The lowest BCUT2D eigenvalue weighted by molar-refractivity contribution is 1.27. The van der Waals surface area contributed by atoms with E-state index in [4.69, 9.17) is 5.41 Å². The predicted octanol–water partition coefficient (Wildman–Crippen LogP) is 3.65. The van der Waals surface area contributed by atoms with Crippen molar-refractivity contribution in [2.75, 3.05) is 0 Å². The van der Waals surface area contributed by atoms with Gasteiger partial charge in [-0.15, -0.1) is 0 Å². The van der Waals surface area contributed by atoms with E-state index in [-0.39, 0.29) is 0 Å². The van der Waals surface area contributed by atoms with Crippen LogP contribution in [0.3, 0.4) is 0 Å². The number of fused-ring (bicyclic) bond motifs is 1. The third-order valence-corrected chi connectivity index (χ3v) is 2.98. The first kappa shape index (κ1) is 10.7. The highest BCUT2D eigenvalue weighted by molar-refractivity contribution is 6.16. The molecule has 0 bridgehead atoms. The summed E-state index contributed by atoms with van der Waals surface area (Å²) >= 11 is 0. The van der Waals surface area contributed by atoms with Crippen molar-refractivity contribution in [3.05, 3.63) is 78.1 Å². The topological polar surface area (TPSA) is 36.7 Å². The van der Waals surface area contributed by atoms with E-state index in [2.05, 4.69) is 17.1 Å². The van der Waals surface area contributed by atoms with Gasteiger partial charge in [-0.3, -0.25) is 10.4 Å². The Morgan fingerprint density at radius 2 is 1.61 bits per heavy atom. The minimum Gasteiger partial charge on any atom is -0.298 e. The summed E-state index contributed by atoms with van der Waals surface area (Å²) in [5.74, 6) is 0. The van der Waals surface area contributed by atoms with Crippen LogP contribution in [0.4, 0.5) is 0 Å². The van der Waals surface area contributed by atoms with Crippen molar-refractivity contribution < 1.29 is 0 Å². The molecule has 0 aliphatic heterocycles. The van der Waals surface area contributed by atoms with Crippen LogP contribution >= 0.6 is 0 Å². The molecule has 0 unspecified atom stereocenters. The molecule has 2 aromatic carbocycles. The predicted molar refractivity (Wildman–Crippen MR) is 74.1 cm³/mol. The van der Waals surface area contributed by atoms with Crippen LogP contribution in [0.25, 0.3) is 10.8 Å². The molecule has 0 amide bonds. The number of nitrogens with zero attached hydrogens (tertiary/aromatic N) is 1. The number of rotatable bonds is 2. The zero-order chi connectivity index (χ0) is 12.4. The Morgan fingerprint density at radius 1 is 0.833 bits per heavy atom. The van der Waals surface area contributed by atoms with Crippen LogP contribution in [0.2, 0.25) is 0 Å². The van der Waals surface area contributed by atoms with E-state index in [0.29, 0.717) is 11.4 Å². The zero-order valence-electron chi connectivity index (χ0n) is 9.80. The molecule has 0 fully saturated rings. The first-order valence-corrected chi connectivity index (χ1v) is 5.84. The SMILES string of the molecule is N=C(c1ccccn1)c1cccc2ccccc12. The van der Waals surface area contributed by atoms with Gasteiger partial charge in [0.15, 0.2) is 0 Å². The average molecular weight is 232 g/mol. The minimum atomic E-state index is 0.465. The lowest BCUT2D eigenvalue weighted by atomic mass is 9.99. The highest BCUT2D eigenvalue weighted by Crippen LogP contribution is 2.20. The maximum absolute atomic E-state index is 8.29. The number of nitrogens with one attached hydrogen (secondary N) is 1. The van der Waals surface area contributed by atoms with Gasteiger partial charge in [-0.05, 0) is 22.9 Å². The normalized spacial score (nSPS) is 10.4. The van der Waals surface area contributed by atoms with Crippen LogP contribution in [0.1, 0.15) is 11.3 Å². The summed E-state index contributed by atoms with van der Waals surface area (Å²) < 4.78 is 0. The molecule has 2 nitrogen and oxygen atoms in total. The van der Waals surface area contributed by atoms with Gasteiger partial charge in [0, 0.05) is 11.8 Å². The van der Waals surface area contributed by atoms with Gasteiger partial charge in [-0.1, -0.05) is 48.5 Å². The largest absolute Gasteiger partial charge is 0.298 e. The second-order valence-electron chi connectivity index (χ2n) is 4.12. The van der Waals surface area contributed by atoms with Crippen molar-refractivity contribution in [1.82, 2.24) is 4.98 Å². The van der Waals surface area contributed by atoms with Gasteiger partial charge in [-0.2, -0.15) is 0 Å². The van der Waals surface area contributed by atoms with Crippen molar-refractivity contribution in [2.45, 2.75) is 0 Å². The summed E-state index contributed by atoms with van der Waals surface area (Å²) in [6.45, 7) is 0. The third kappa shape index (κ3) is 1.78. The van der Waals surface area contributed by atoms with Crippen molar-refractivity contribution in [3.8, 4) is 0 Å². The molecule has 2 heteroatoms. The molecule has 1 heterocycles. The van der Waals surface area contributed by atoms with Crippen LogP contribution in [0.15, 0.2) is 66.9 Å². The molecular formula is C16H12N2. The Bertz CT molecular complexity index is 697. The van der Waals surface area contributed by atoms with Gasteiger partial charge in [0.1, 0.15) is 0 Å². The summed E-state index contributed by atoms with van der Waals surface area (Å²) in [6.07, 6.45) is 1.72. The number of aromatic nitrogens is 1. The first-order valence-electron chi connectivity index (χ1n) is 5.84. The lowest BCUT2D eigenvalue weighted by Gasteiger charge is -2.07. The van der Waals surface area contributed by atoms with Crippen molar-refractivity contribution in [3.63, 3.8) is 0 Å². The van der Waals surface area contributed by atoms with Crippen LogP contribution in [0, 0.1) is 5.41 Å². The Morgan fingerprint density at radius 3 is 2.44 bits per heavy atom. The highest BCUT2D eigenvalue weighted by Gasteiger charge is 2.08. The van der Waals surface area contributed by atoms with Gasteiger partial charge in [0.05, 0.1) is 11.4 Å². The number of hydrogen-bond donors (Lipinski definition) is 1. The van der Waals surface area contributed by atoms with E-state index < -0.39 is 0 Å². The first-order chi connectivity index (χ1) is 8.86. The monoisotopic (exact) mass is 232 g/mol. The minimum absolute atomic E-state index is 0.465. The molecule has 86 valence electrons. The maximum atomic E-state index is 8.29. The molecule has 0 spiro atoms. The molecule has 0 aliphatic rings. The second kappa shape index (κ2) is 4.41. The fourth-order valence-electron chi connectivity index (χ4n) is 2.09. The Balaban J connectivity index is 2.18. The van der Waals surface area contributed by atoms with E-state index in [1.54, 1.807) is 6.20 Å². The molecule has 0 atom stereocenters. The lowest BCUT2D eigenvalue weighted by Crippen LogP contribution is -2.04. The molecule has 18 heavy (non-hydrogen) atoms. The van der Waals surface area contributed by atoms with E-state index >= 15 is 0 Å². The Labute approximate surface area is 105 Å². The van der Waals surface area contributed by atoms with Crippen molar-refractivity contribution in [2.24, 2.45) is 0 Å². The van der Waals surface area contributed by atoms with Crippen LogP contribution in [-0.4, -0.2) is 10.7 Å². The molecule has 3 rings (SSSR count). The van der Waals surface area contributed by atoms with Gasteiger partial charge in [0.25, 0.3) is 0 Å². The van der Waals surface area contributed by atoms with Crippen LogP contribution in [0.5, 0.6) is 0 Å². The highest BCUT2D eigenvalue weighted by atomic mass is 14.7. The molecule has 0 radical (unpaired) electrons. The van der Waals surface area contributed by atoms with Gasteiger partial charge >= 0.3 is 0 Å². The summed E-state index contributed by atoms with van der Waals surface area (Å²) in [5.41, 5.74) is 2.09. The average Bonchev–Trinajstić information content (AvgIpc) is 2.47. The smallest absolute Gasteiger partial charge is 0.0885 e. The summed E-state index contributed by atoms with van der Waals surface area (Å²) in [7, 11) is 0. The maximum Gasteiger partial charge on any atom is 0.0885 e. The molecule has 1 N–H and O–H groups in total. The molecule has 0 saturated heterocycles. The van der Waals surface area contributed by atoms with Crippen LogP contribution in [-0.2, 0) is 0 Å². The number of benzene rings is 2. The molecular weight excluding hydrogens is 220 g/mol. The fourth-order valence-corrected chi connectivity index (χ4v) is 2.09. The number of hydrogen-bond acceptors (Lipinski definition) is 2. The van der Waals surface area contributed by atoms with Crippen molar-refractivity contribution >= 4 is 16.5 Å². The Kier molecular flexibility index (Phi) is 2.61. The van der Waals surface area contributed by atoms with Gasteiger partial charge in [0.2, 0.25) is 0 Å². The van der Waals surface area contributed by atoms with E-state index in [9.17, 15) is 0 Å².